The first-order chi connectivity index (χ1) is 21.8. The standard InChI is InChI=1S/C42H31NS/c1-3-9-30(10-4-1)31-15-17-32(18-16-31)33-19-24-37(25-20-33)43(36-11-5-2-6-12-36)38-26-21-34(22-27-38)35-23-28-42-40(29-35)39-13-7-8-14-41(39)44-42/h1-29,39,41H. The molecule has 2 heteroatoms. The van der Waals surface area contributed by atoms with Crippen molar-refractivity contribution < 1.29 is 0 Å². The Kier molecular flexibility index (Phi) is 6.98. The van der Waals surface area contributed by atoms with Crippen LogP contribution in [0.4, 0.5) is 17.1 Å². The molecule has 1 nitrogen and oxygen atoms in total. The molecule has 2 atom stereocenters. The molecule has 6 aromatic carbocycles. The van der Waals surface area contributed by atoms with E-state index in [0.29, 0.717) is 11.2 Å². The van der Waals surface area contributed by atoms with Crippen LogP contribution >= 0.6 is 11.8 Å². The lowest BCUT2D eigenvalue weighted by Crippen LogP contribution is -2.09. The molecule has 0 N–H and O–H groups in total. The number of thioether (sulfide) groups is 1. The molecule has 0 saturated heterocycles. The number of anilines is 3. The van der Waals surface area contributed by atoms with Crippen molar-refractivity contribution in [1.82, 2.24) is 0 Å². The molecule has 8 rings (SSSR count). The van der Waals surface area contributed by atoms with Crippen LogP contribution in [0.25, 0.3) is 33.4 Å². The molecule has 0 spiro atoms. The van der Waals surface area contributed by atoms with Crippen molar-refractivity contribution in [2.75, 3.05) is 4.90 Å². The van der Waals surface area contributed by atoms with Gasteiger partial charge in [-0.1, -0.05) is 127 Å². The van der Waals surface area contributed by atoms with Crippen LogP contribution in [0, 0.1) is 0 Å². The van der Waals surface area contributed by atoms with Gasteiger partial charge in [0, 0.05) is 33.1 Å². The Labute approximate surface area is 263 Å². The molecule has 2 aliphatic rings. The lowest BCUT2D eigenvalue weighted by Gasteiger charge is -2.26. The fraction of sp³-hybridized carbons (Fsp3) is 0.0476. The number of rotatable bonds is 6. The fourth-order valence-corrected chi connectivity index (χ4v) is 7.66. The van der Waals surface area contributed by atoms with E-state index in [1.807, 2.05) is 11.8 Å². The summed E-state index contributed by atoms with van der Waals surface area (Å²) < 4.78 is 0. The summed E-state index contributed by atoms with van der Waals surface area (Å²) in [5.41, 5.74) is 12.3. The van der Waals surface area contributed by atoms with Crippen LogP contribution < -0.4 is 4.90 Å². The van der Waals surface area contributed by atoms with Gasteiger partial charge in [0.1, 0.15) is 0 Å². The number of fused-ring (bicyclic) bond motifs is 3. The van der Waals surface area contributed by atoms with Crippen LogP contribution in [0.5, 0.6) is 0 Å². The van der Waals surface area contributed by atoms with E-state index in [-0.39, 0.29) is 0 Å². The van der Waals surface area contributed by atoms with Gasteiger partial charge in [-0.05, 0) is 87.5 Å². The van der Waals surface area contributed by atoms with Crippen LogP contribution in [-0.4, -0.2) is 5.25 Å². The molecule has 0 aromatic heterocycles. The van der Waals surface area contributed by atoms with Gasteiger partial charge < -0.3 is 4.90 Å². The summed E-state index contributed by atoms with van der Waals surface area (Å²) in [7, 11) is 0. The van der Waals surface area contributed by atoms with Crippen LogP contribution in [0.15, 0.2) is 181 Å². The van der Waals surface area contributed by atoms with Crippen molar-refractivity contribution in [3.8, 4) is 33.4 Å². The molecule has 44 heavy (non-hydrogen) atoms. The van der Waals surface area contributed by atoms with Crippen LogP contribution in [0.2, 0.25) is 0 Å². The second kappa shape index (κ2) is 11.6. The highest BCUT2D eigenvalue weighted by atomic mass is 32.2. The molecule has 1 aliphatic heterocycles. The van der Waals surface area contributed by atoms with Gasteiger partial charge >= 0.3 is 0 Å². The second-order valence-corrected chi connectivity index (χ2v) is 12.6. The molecule has 210 valence electrons. The smallest absolute Gasteiger partial charge is 0.0462 e. The van der Waals surface area contributed by atoms with Gasteiger partial charge in [-0.25, -0.2) is 0 Å². The zero-order valence-corrected chi connectivity index (χ0v) is 25.1. The summed E-state index contributed by atoms with van der Waals surface area (Å²) in [6.07, 6.45) is 9.04. The third-order valence-electron chi connectivity index (χ3n) is 8.64. The molecule has 2 unspecified atom stereocenters. The Morgan fingerprint density at radius 1 is 0.409 bits per heavy atom. The van der Waals surface area contributed by atoms with Crippen molar-refractivity contribution in [3.05, 3.63) is 182 Å². The first-order valence-electron chi connectivity index (χ1n) is 15.2. The van der Waals surface area contributed by atoms with Crippen LogP contribution in [0.3, 0.4) is 0 Å². The van der Waals surface area contributed by atoms with E-state index >= 15 is 0 Å². The van der Waals surface area contributed by atoms with Gasteiger partial charge in [0.05, 0.1) is 0 Å². The minimum absolute atomic E-state index is 0.470. The third-order valence-corrected chi connectivity index (χ3v) is 9.99. The Hall–Kier alpha value is -5.05. The zero-order valence-electron chi connectivity index (χ0n) is 24.3. The van der Waals surface area contributed by atoms with Crippen molar-refractivity contribution in [2.45, 2.75) is 16.1 Å². The fourth-order valence-electron chi connectivity index (χ4n) is 6.34. The number of nitrogens with zero attached hydrogens (tertiary/aromatic N) is 1. The van der Waals surface area contributed by atoms with Gasteiger partial charge in [-0.3, -0.25) is 0 Å². The molecule has 6 aromatic rings. The number of hydrogen-bond donors (Lipinski definition) is 0. The lowest BCUT2D eigenvalue weighted by atomic mass is 9.90. The first kappa shape index (κ1) is 26.6. The quantitative estimate of drug-likeness (QED) is 0.192. The summed E-state index contributed by atoms with van der Waals surface area (Å²) >= 11 is 1.98. The Morgan fingerprint density at radius 2 is 0.864 bits per heavy atom. The van der Waals surface area contributed by atoms with Crippen molar-refractivity contribution in [3.63, 3.8) is 0 Å². The topological polar surface area (TPSA) is 3.24 Å². The van der Waals surface area contributed by atoms with E-state index in [1.54, 1.807) is 0 Å². The summed E-state index contributed by atoms with van der Waals surface area (Å²) in [6, 6.07) is 54.8. The molecule has 0 bridgehead atoms. The molecule has 0 saturated carbocycles. The zero-order chi connectivity index (χ0) is 29.3. The first-order valence-corrected chi connectivity index (χ1v) is 16.1. The van der Waals surface area contributed by atoms with Gasteiger partial charge in [0.15, 0.2) is 0 Å². The number of benzene rings is 6. The highest BCUT2D eigenvalue weighted by molar-refractivity contribution is 8.00. The van der Waals surface area contributed by atoms with Crippen molar-refractivity contribution in [2.24, 2.45) is 0 Å². The average Bonchev–Trinajstić information content (AvgIpc) is 3.48. The van der Waals surface area contributed by atoms with Crippen LogP contribution in [0.1, 0.15) is 11.5 Å². The lowest BCUT2D eigenvalue weighted by molar-refractivity contribution is 0.881. The normalized spacial score (nSPS) is 16.4. The second-order valence-electron chi connectivity index (χ2n) is 11.3. The minimum Gasteiger partial charge on any atom is -0.311 e. The molecular formula is C42H31NS. The number of para-hydroxylation sites is 1. The minimum atomic E-state index is 0.470. The average molecular weight is 582 g/mol. The highest BCUT2D eigenvalue weighted by Crippen LogP contribution is 2.49. The van der Waals surface area contributed by atoms with Gasteiger partial charge in [-0.2, -0.15) is 0 Å². The Morgan fingerprint density at radius 3 is 1.48 bits per heavy atom. The molecule has 0 fully saturated rings. The van der Waals surface area contributed by atoms with Crippen LogP contribution in [-0.2, 0) is 0 Å². The molecule has 1 heterocycles. The van der Waals surface area contributed by atoms with Crippen molar-refractivity contribution in [1.29, 1.82) is 0 Å². The molecular weight excluding hydrogens is 551 g/mol. The van der Waals surface area contributed by atoms with E-state index in [1.165, 1.54) is 43.8 Å². The van der Waals surface area contributed by atoms with Gasteiger partial charge in [0.25, 0.3) is 0 Å². The molecule has 1 aliphatic carbocycles. The molecule has 0 amide bonds. The van der Waals surface area contributed by atoms with Gasteiger partial charge in [0.2, 0.25) is 0 Å². The van der Waals surface area contributed by atoms with E-state index in [2.05, 4.69) is 181 Å². The number of allylic oxidation sites excluding steroid dienone is 3. The summed E-state index contributed by atoms with van der Waals surface area (Å²) in [4.78, 5) is 3.73. The predicted octanol–water partition coefficient (Wildman–Crippen LogP) is 11.8. The van der Waals surface area contributed by atoms with E-state index in [0.717, 1.165) is 17.1 Å². The molecule has 0 radical (unpaired) electrons. The summed E-state index contributed by atoms with van der Waals surface area (Å²) in [6.45, 7) is 0. The summed E-state index contributed by atoms with van der Waals surface area (Å²) in [5, 5.41) is 0.520. The maximum absolute atomic E-state index is 2.39. The Bertz CT molecular complexity index is 1960. The monoisotopic (exact) mass is 581 g/mol. The predicted molar refractivity (Wildman–Crippen MR) is 188 cm³/mol. The van der Waals surface area contributed by atoms with E-state index < -0.39 is 0 Å². The maximum Gasteiger partial charge on any atom is 0.0462 e. The maximum atomic E-state index is 2.39. The summed E-state index contributed by atoms with van der Waals surface area (Å²) in [5.74, 6) is 0.470. The van der Waals surface area contributed by atoms with Crippen molar-refractivity contribution >= 4 is 28.8 Å². The third kappa shape index (κ3) is 5.08. The SMILES string of the molecule is C1=CC2Sc3ccc(-c4ccc(N(c5ccccc5)c5ccc(-c6ccc(-c7ccccc7)cc6)cc5)cc4)cc3C2C=C1. The Balaban J connectivity index is 1.08. The highest BCUT2D eigenvalue weighted by Gasteiger charge is 2.31. The van der Waals surface area contributed by atoms with E-state index in [9.17, 15) is 0 Å². The van der Waals surface area contributed by atoms with Gasteiger partial charge in [-0.15, -0.1) is 11.8 Å². The number of hydrogen-bond acceptors (Lipinski definition) is 2. The van der Waals surface area contributed by atoms with E-state index in [4.69, 9.17) is 0 Å². The largest absolute Gasteiger partial charge is 0.311 e.